The van der Waals surface area contributed by atoms with Crippen LogP contribution >= 0.6 is 0 Å². The molecule has 0 saturated carbocycles. The quantitative estimate of drug-likeness (QED) is 0.244. The van der Waals surface area contributed by atoms with Gasteiger partial charge in [-0.2, -0.15) is 5.10 Å². The molecule has 0 bridgehead atoms. The van der Waals surface area contributed by atoms with E-state index in [4.69, 9.17) is 0 Å². The molecule has 2 amide bonds. The number of carbonyl (C=O) groups excluding carboxylic acids is 2. The Morgan fingerprint density at radius 1 is 0.838 bits per heavy atom. The summed E-state index contributed by atoms with van der Waals surface area (Å²) in [6.07, 6.45) is 5.75. The highest BCUT2D eigenvalue weighted by Gasteiger charge is 2.13. The third kappa shape index (κ3) is 5.88. The van der Waals surface area contributed by atoms with Crippen molar-refractivity contribution in [2.75, 3.05) is 5.32 Å². The third-order valence-corrected chi connectivity index (χ3v) is 5.67. The number of anilines is 2. The number of fused-ring (bicyclic) bond motifs is 1. The first-order chi connectivity index (χ1) is 18.2. The summed E-state index contributed by atoms with van der Waals surface area (Å²) < 4.78 is 0. The number of para-hydroxylation sites is 1. The van der Waals surface area contributed by atoms with Crippen LogP contribution in [0.25, 0.3) is 23.1 Å². The summed E-state index contributed by atoms with van der Waals surface area (Å²) in [4.78, 5) is 29.3. The van der Waals surface area contributed by atoms with E-state index in [9.17, 15) is 9.59 Å². The van der Waals surface area contributed by atoms with Crippen LogP contribution in [0, 0.1) is 0 Å². The molecule has 5 rings (SSSR count). The lowest BCUT2D eigenvalue weighted by Crippen LogP contribution is -2.42. The second-order valence-corrected chi connectivity index (χ2v) is 8.29. The minimum atomic E-state index is -0.422. The SMILES string of the molecule is O=C(Cc1ccccc1)NNC(=O)c1ccccc1Nc1ccc2c(/C=C/c3ccccn3)n[nH]c2c1. The fourth-order valence-electron chi connectivity index (χ4n) is 3.85. The van der Waals surface area contributed by atoms with Crippen molar-refractivity contribution in [2.45, 2.75) is 6.42 Å². The van der Waals surface area contributed by atoms with Gasteiger partial charge in [-0.3, -0.25) is 30.5 Å². The van der Waals surface area contributed by atoms with Crippen molar-refractivity contribution < 1.29 is 9.59 Å². The first-order valence-corrected chi connectivity index (χ1v) is 11.7. The normalized spacial score (nSPS) is 10.9. The summed E-state index contributed by atoms with van der Waals surface area (Å²) in [6.45, 7) is 0. The van der Waals surface area contributed by atoms with E-state index >= 15 is 0 Å². The van der Waals surface area contributed by atoms with Gasteiger partial charge >= 0.3 is 0 Å². The first-order valence-electron chi connectivity index (χ1n) is 11.7. The number of rotatable bonds is 7. The van der Waals surface area contributed by atoms with Crippen LogP contribution in [0.1, 0.15) is 27.3 Å². The van der Waals surface area contributed by atoms with Gasteiger partial charge in [0.1, 0.15) is 0 Å². The van der Waals surface area contributed by atoms with Gasteiger partial charge in [0.05, 0.1) is 34.6 Å². The second kappa shape index (κ2) is 11.0. The molecule has 0 aliphatic carbocycles. The Balaban J connectivity index is 1.26. The number of H-pyrrole nitrogens is 1. The zero-order valence-corrected chi connectivity index (χ0v) is 19.8. The van der Waals surface area contributed by atoms with Gasteiger partial charge in [0.2, 0.25) is 5.91 Å². The summed E-state index contributed by atoms with van der Waals surface area (Å²) in [5.41, 5.74) is 10.1. The molecule has 4 N–H and O–H groups in total. The highest BCUT2D eigenvalue weighted by atomic mass is 16.2. The van der Waals surface area contributed by atoms with Gasteiger partial charge in [0.25, 0.3) is 5.91 Å². The molecule has 2 heterocycles. The molecule has 0 spiro atoms. The maximum Gasteiger partial charge on any atom is 0.271 e. The summed E-state index contributed by atoms with van der Waals surface area (Å²) in [6, 6.07) is 28.0. The van der Waals surface area contributed by atoms with Crippen LogP contribution in [0.4, 0.5) is 11.4 Å². The lowest BCUT2D eigenvalue weighted by molar-refractivity contribution is -0.121. The molecule has 5 aromatic rings. The van der Waals surface area contributed by atoms with E-state index in [1.807, 2.05) is 84.9 Å². The summed E-state index contributed by atoms with van der Waals surface area (Å²) in [5.74, 6) is -0.725. The fraction of sp³-hybridized carbons (Fsp3) is 0.0345. The molecule has 37 heavy (non-hydrogen) atoms. The lowest BCUT2D eigenvalue weighted by atomic mass is 10.1. The van der Waals surface area contributed by atoms with Crippen LogP contribution < -0.4 is 16.2 Å². The highest BCUT2D eigenvalue weighted by molar-refractivity contribution is 6.01. The molecule has 0 atom stereocenters. The molecular weight excluding hydrogens is 464 g/mol. The van der Waals surface area contributed by atoms with Crippen molar-refractivity contribution in [3.8, 4) is 0 Å². The zero-order valence-electron chi connectivity index (χ0n) is 19.8. The average molecular weight is 489 g/mol. The van der Waals surface area contributed by atoms with Crippen molar-refractivity contribution >= 4 is 46.2 Å². The van der Waals surface area contributed by atoms with E-state index < -0.39 is 5.91 Å². The molecule has 0 aliphatic rings. The van der Waals surface area contributed by atoms with E-state index in [0.29, 0.717) is 11.3 Å². The molecule has 0 saturated heterocycles. The van der Waals surface area contributed by atoms with Crippen LogP contribution in [0.3, 0.4) is 0 Å². The number of nitrogens with one attached hydrogen (secondary N) is 4. The number of carbonyl (C=O) groups is 2. The zero-order chi connectivity index (χ0) is 25.5. The van der Waals surface area contributed by atoms with Crippen molar-refractivity contribution in [1.82, 2.24) is 26.0 Å². The Morgan fingerprint density at radius 2 is 1.65 bits per heavy atom. The largest absolute Gasteiger partial charge is 0.355 e. The Bertz CT molecular complexity index is 1560. The van der Waals surface area contributed by atoms with Gasteiger partial charge in [-0.1, -0.05) is 48.5 Å². The summed E-state index contributed by atoms with van der Waals surface area (Å²) in [7, 11) is 0. The van der Waals surface area contributed by atoms with E-state index in [1.165, 1.54) is 0 Å². The monoisotopic (exact) mass is 488 g/mol. The minimum absolute atomic E-state index is 0.171. The van der Waals surface area contributed by atoms with Crippen LogP contribution in [0.5, 0.6) is 0 Å². The van der Waals surface area contributed by atoms with Crippen LogP contribution in [0.2, 0.25) is 0 Å². The molecule has 8 nitrogen and oxygen atoms in total. The van der Waals surface area contributed by atoms with Gasteiger partial charge in [-0.15, -0.1) is 0 Å². The maximum absolute atomic E-state index is 12.8. The molecule has 0 aliphatic heterocycles. The number of hydrogen-bond donors (Lipinski definition) is 4. The fourth-order valence-corrected chi connectivity index (χ4v) is 3.85. The first kappa shape index (κ1) is 23.5. The Kier molecular flexibility index (Phi) is 6.99. The molecule has 2 aromatic heterocycles. The molecule has 182 valence electrons. The van der Waals surface area contributed by atoms with Crippen molar-refractivity contribution in [2.24, 2.45) is 0 Å². The van der Waals surface area contributed by atoms with E-state index in [1.54, 1.807) is 24.4 Å². The summed E-state index contributed by atoms with van der Waals surface area (Å²) in [5, 5.41) is 11.7. The van der Waals surface area contributed by atoms with Gasteiger partial charge in [0.15, 0.2) is 0 Å². The smallest absolute Gasteiger partial charge is 0.271 e. The van der Waals surface area contributed by atoms with Crippen LogP contribution in [-0.4, -0.2) is 27.0 Å². The summed E-state index contributed by atoms with van der Waals surface area (Å²) >= 11 is 0. The number of hydrogen-bond acceptors (Lipinski definition) is 5. The van der Waals surface area contributed by atoms with Gasteiger partial charge in [-0.25, -0.2) is 0 Å². The molecule has 8 heteroatoms. The molecule has 3 aromatic carbocycles. The van der Waals surface area contributed by atoms with E-state index in [2.05, 4.69) is 31.3 Å². The molecule has 0 unspecified atom stereocenters. The predicted molar refractivity (Wildman–Crippen MR) is 145 cm³/mol. The standard InChI is InChI=1S/C29H24N6O2/c36-28(18-20-8-2-1-3-9-20)34-35-29(37)24-11-4-5-12-25(24)31-22-13-15-23-26(32-33-27(23)19-22)16-14-21-10-6-7-17-30-21/h1-17,19,31H,18H2,(H,32,33)(H,34,36)(H,35,37)/b16-14+. The van der Waals surface area contributed by atoms with Gasteiger partial charge in [-0.05, 0) is 60.2 Å². The lowest BCUT2D eigenvalue weighted by Gasteiger charge is -2.13. The topological polar surface area (TPSA) is 112 Å². The number of amides is 2. The molecule has 0 radical (unpaired) electrons. The third-order valence-electron chi connectivity index (χ3n) is 5.67. The van der Waals surface area contributed by atoms with E-state index in [-0.39, 0.29) is 12.3 Å². The Labute approximate surface area is 213 Å². The Morgan fingerprint density at radius 3 is 2.49 bits per heavy atom. The highest BCUT2D eigenvalue weighted by Crippen LogP contribution is 2.26. The Hall–Kier alpha value is -5.24. The van der Waals surface area contributed by atoms with Crippen molar-refractivity contribution in [3.63, 3.8) is 0 Å². The van der Waals surface area contributed by atoms with E-state index in [0.717, 1.165) is 33.5 Å². The van der Waals surface area contributed by atoms with Gasteiger partial charge in [0, 0.05) is 17.3 Å². The number of pyridine rings is 1. The van der Waals surface area contributed by atoms with Gasteiger partial charge < -0.3 is 5.32 Å². The predicted octanol–water partition coefficient (Wildman–Crippen LogP) is 4.88. The number of nitrogens with zero attached hydrogens (tertiary/aromatic N) is 2. The minimum Gasteiger partial charge on any atom is -0.355 e. The number of hydrazine groups is 1. The molecule has 0 fully saturated rings. The van der Waals surface area contributed by atoms with Crippen molar-refractivity contribution in [1.29, 1.82) is 0 Å². The average Bonchev–Trinajstić information content (AvgIpc) is 3.34. The van der Waals surface area contributed by atoms with Crippen LogP contribution in [-0.2, 0) is 11.2 Å². The second-order valence-electron chi connectivity index (χ2n) is 8.29. The van der Waals surface area contributed by atoms with Crippen molar-refractivity contribution in [3.05, 3.63) is 120 Å². The number of aromatic nitrogens is 3. The maximum atomic E-state index is 12.8. The number of benzene rings is 3. The number of aromatic amines is 1. The molecular formula is C29H24N6O2. The van der Waals surface area contributed by atoms with Crippen LogP contribution in [0.15, 0.2) is 97.2 Å².